The predicted octanol–water partition coefficient (Wildman–Crippen LogP) is 12.5. The Labute approximate surface area is 422 Å². The van der Waals surface area contributed by atoms with Gasteiger partial charge in [0, 0.05) is 37.0 Å². The van der Waals surface area contributed by atoms with E-state index < -0.39 is 173 Å². The Morgan fingerprint density at radius 1 is 0.273 bits per heavy atom. The highest BCUT2D eigenvalue weighted by Crippen LogP contribution is 2.66. The molecule has 0 saturated heterocycles. The number of halogens is 20. The summed E-state index contributed by atoms with van der Waals surface area (Å²) in [5, 5.41) is 1.28. The van der Waals surface area contributed by atoms with Crippen LogP contribution in [0.2, 0.25) is 0 Å². The third-order valence-electron chi connectivity index (χ3n) is 13.6. The molecular formula is C54H22B2F20S. The second-order valence-electron chi connectivity index (χ2n) is 17.9. The third kappa shape index (κ3) is 7.80. The van der Waals surface area contributed by atoms with E-state index in [9.17, 15) is 52.7 Å². The highest BCUT2D eigenvalue weighted by Gasteiger charge is 2.43. The molecule has 0 nitrogen and oxygen atoms in total. The molecule has 10 rings (SSSR count). The minimum Gasteiger partial charge on any atom is -0.204 e. The van der Waals surface area contributed by atoms with Gasteiger partial charge in [0.15, 0.2) is 116 Å². The van der Waals surface area contributed by atoms with Crippen molar-refractivity contribution in [2.45, 2.75) is 9.79 Å². The summed E-state index contributed by atoms with van der Waals surface area (Å²) in [5.41, 5.74) is -6.15. The van der Waals surface area contributed by atoms with Crippen LogP contribution in [0.15, 0.2) is 107 Å². The molecule has 9 aromatic carbocycles. The van der Waals surface area contributed by atoms with Gasteiger partial charge in [-0.15, -0.1) is 0 Å². The smallest absolute Gasteiger partial charge is 0.204 e. The van der Waals surface area contributed by atoms with E-state index in [0.717, 1.165) is 34.1 Å². The molecule has 77 heavy (non-hydrogen) atoms. The van der Waals surface area contributed by atoms with Crippen molar-refractivity contribution >= 4 is 67.0 Å². The molecule has 1 aliphatic rings. The van der Waals surface area contributed by atoms with Gasteiger partial charge in [0.2, 0.25) is 0 Å². The molecule has 1 heterocycles. The van der Waals surface area contributed by atoms with Crippen LogP contribution in [0.1, 0.15) is 0 Å². The predicted molar refractivity (Wildman–Crippen MR) is 250 cm³/mol. The molecule has 0 amide bonds. The molecule has 0 aromatic heterocycles. The molecule has 0 aliphatic carbocycles. The Balaban J connectivity index is 1.06. The van der Waals surface area contributed by atoms with Gasteiger partial charge in [0.25, 0.3) is 13.4 Å². The standard InChI is InChI=1S/C54H22B2F20S/c1-77(2)28-5-3-4-26-24(20-8-13-23(14-9-20)56(33-39(61)47(69)53(75)48(70)40(33)62)34-41(63)49(71)54(76)50(72)42(34)64)16-17-27(30(26)28)25-15-10-21(18-29(25)77)19-6-11-22(12-7-19)55(31-35(57)43(65)51(73)44(66)36(31)58)32-37(59)45(67)52(74)46(68)38(32)60/h3-18H,1-2H3. The van der Waals surface area contributed by atoms with E-state index in [1.54, 1.807) is 42.5 Å². The number of hydrogen-bond acceptors (Lipinski definition) is 0. The van der Waals surface area contributed by atoms with E-state index in [-0.39, 0.29) is 11.1 Å². The van der Waals surface area contributed by atoms with Crippen LogP contribution in [0.5, 0.6) is 0 Å². The molecule has 0 spiro atoms. The van der Waals surface area contributed by atoms with Crippen molar-refractivity contribution in [1.82, 2.24) is 0 Å². The highest BCUT2D eigenvalue weighted by molar-refractivity contribution is 8.33. The van der Waals surface area contributed by atoms with Gasteiger partial charge < -0.3 is 0 Å². The van der Waals surface area contributed by atoms with Crippen LogP contribution >= 0.6 is 10.0 Å². The van der Waals surface area contributed by atoms with Crippen molar-refractivity contribution in [2.24, 2.45) is 0 Å². The van der Waals surface area contributed by atoms with Crippen molar-refractivity contribution in [3.63, 3.8) is 0 Å². The van der Waals surface area contributed by atoms with Crippen LogP contribution in [0.25, 0.3) is 44.2 Å². The number of benzene rings is 9. The Kier molecular flexibility index (Phi) is 12.9. The van der Waals surface area contributed by atoms with Crippen LogP contribution in [0.3, 0.4) is 0 Å². The third-order valence-corrected chi connectivity index (χ3v) is 16.5. The molecule has 0 saturated carbocycles. The fourth-order valence-corrected chi connectivity index (χ4v) is 12.5. The van der Waals surface area contributed by atoms with Gasteiger partial charge in [0.1, 0.15) is 0 Å². The first-order valence-electron chi connectivity index (χ1n) is 22.0. The lowest BCUT2D eigenvalue weighted by molar-refractivity contribution is 0.382. The quantitative estimate of drug-likeness (QED) is 0.0616. The second-order valence-corrected chi connectivity index (χ2v) is 21.5. The normalized spacial score (nSPS) is 13.1. The summed E-state index contributed by atoms with van der Waals surface area (Å²) in [7, 11) is -2.08. The van der Waals surface area contributed by atoms with Crippen LogP contribution in [0, 0.1) is 116 Å². The summed E-state index contributed by atoms with van der Waals surface area (Å²) in [6.07, 6.45) is 3.85. The van der Waals surface area contributed by atoms with Crippen LogP contribution in [-0.4, -0.2) is 25.9 Å². The minimum absolute atomic E-state index is 0.283. The molecule has 0 fully saturated rings. The molecule has 9 aromatic rings. The van der Waals surface area contributed by atoms with Gasteiger partial charge in [-0.05, 0) is 63.4 Å². The first-order chi connectivity index (χ1) is 36.3. The van der Waals surface area contributed by atoms with E-state index in [2.05, 4.69) is 0 Å². The zero-order valence-electron chi connectivity index (χ0n) is 38.4. The van der Waals surface area contributed by atoms with Crippen molar-refractivity contribution in [1.29, 1.82) is 0 Å². The molecule has 23 heteroatoms. The number of rotatable bonds is 8. The lowest BCUT2D eigenvalue weighted by atomic mass is 9.36. The average molecular weight is 1100 g/mol. The monoisotopic (exact) mass is 1100 g/mol. The van der Waals surface area contributed by atoms with E-state index in [4.69, 9.17) is 0 Å². The van der Waals surface area contributed by atoms with E-state index in [1.807, 2.05) is 18.6 Å². The maximum absolute atomic E-state index is 15.4. The topological polar surface area (TPSA) is 0 Å². The summed E-state index contributed by atoms with van der Waals surface area (Å²) in [5.74, 6) is -51.9. The summed E-state index contributed by atoms with van der Waals surface area (Å²) >= 11 is 0. The lowest BCUT2D eigenvalue weighted by Crippen LogP contribution is -2.58. The van der Waals surface area contributed by atoms with Crippen LogP contribution in [0.4, 0.5) is 87.8 Å². The maximum atomic E-state index is 15.4. The second kappa shape index (κ2) is 18.8. The molecular weight excluding hydrogens is 1080 g/mol. The van der Waals surface area contributed by atoms with Gasteiger partial charge in [0.05, 0.1) is 0 Å². The number of hydrogen-bond donors (Lipinski definition) is 0. The molecule has 0 bridgehead atoms. The van der Waals surface area contributed by atoms with Gasteiger partial charge in [-0.3, -0.25) is 0 Å². The molecule has 390 valence electrons. The Morgan fingerprint density at radius 2 is 0.571 bits per heavy atom. The van der Waals surface area contributed by atoms with E-state index in [0.29, 0.717) is 33.0 Å². The fraction of sp³-hybridized carbons (Fsp3) is 0.0370. The van der Waals surface area contributed by atoms with Crippen LogP contribution in [-0.2, 0) is 0 Å². The van der Waals surface area contributed by atoms with E-state index in [1.165, 1.54) is 24.3 Å². The van der Waals surface area contributed by atoms with Gasteiger partial charge >= 0.3 is 0 Å². The van der Waals surface area contributed by atoms with Crippen molar-refractivity contribution in [3.05, 3.63) is 213 Å². The van der Waals surface area contributed by atoms with Crippen molar-refractivity contribution in [2.75, 3.05) is 12.5 Å². The first-order valence-corrected chi connectivity index (χ1v) is 24.5. The van der Waals surface area contributed by atoms with Crippen molar-refractivity contribution in [3.8, 4) is 33.4 Å². The number of fused-ring (bicyclic) bond motifs is 2. The fourth-order valence-electron chi connectivity index (χ4n) is 9.92. The maximum Gasteiger partial charge on any atom is 0.257 e. The minimum atomic E-state index is -2.80. The summed E-state index contributed by atoms with van der Waals surface area (Å²) in [6, 6.07) is 22.4. The summed E-state index contributed by atoms with van der Waals surface area (Å²) < 4.78 is 296. The zero-order chi connectivity index (χ0) is 55.8. The van der Waals surface area contributed by atoms with E-state index >= 15 is 35.1 Å². The Bertz CT molecular complexity index is 3780. The van der Waals surface area contributed by atoms with Gasteiger partial charge in [-0.25, -0.2) is 87.8 Å². The average Bonchev–Trinajstić information content (AvgIpc) is 3.45. The summed E-state index contributed by atoms with van der Waals surface area (Å²) in [6.45, 7) is -5.59. The largest absolute Gasteiger partial charge is 0.257 e. The molecule has 0 atom stereocenters. The summed E-state index contributed by atoms with van der Waals surface area (Å²) in [4.78, 5) is 1.54. The first kappa shape index (κ1) is 52.7. The Morgan fingerprint density at radius 3 is 0.935 bits per heavy atom. The molecule has 1 aliphatic heterocycles. The molecule has 0 unspecified atom stereocenters. The van der Waals surface area contributed by atoms with Crippen molar-refractivity contribution < 1.29 is 87.8 Å². The Hall–Kier alpha value is -7.68. The van der Waals surface area contributed by atoms with Crippen LogP contribution < -0.4 is 32.8 Å². The zero-order valence-corrected chi connectivity index (χ0v) is 39.2. The molecule has 0 radical (unpaired) electrons. The van der Waals surface area contributed by atoms with Gasteiger partial charge in [-0.1, -0.05) is 95.9 Å². The highest BCUT2D eigenvalue weighted by atomic mass is 32.3. The van der Waals surface area contributed by atoms with Gasteiger partial charge in [-0.2, -0.15) is 10.0 Å². The lowest BCUT2D eigenvalue weighted by Gasteiger charge is -2.40. The SMILES string of the molecule is CS1(C)c2cc(-c3ccc(B(c4c(F)c(F)c(F)c(F)c4F)c4c(F)c(F)c(F)c(F)c4F)cc3)ccc2-c2ccc(-c3ccc(B(c4c(F)c(F)c(F)c(F)c4F)c4c(F)c(F)c(F)c(F)c4F)cc3)c3cccc1c23. The molecule has 0 N–H and O–H groups in total.